The molecular weight excluding hydrogens is 530 g/mol. The number of pyridine rings is 2. The highest BCUT2D eigenvalue weighted by molar-refractivity contribution is 9.10. The molecule has 3 nitrogen and oxygen atoms in total. The molecule has 0 fully saturated rings. The maximum Gasteiger partial charge on any atom is 0.145 e. The van der Waals surface area contributed by atoms with Gasteiger partial charge in [0.25, 0.3) is 0 Å². The predicted molar refractivity (Wildman–Crippen MR) is 160 cm³/mol. The zero-order valence-corrected chi connectivity index (χ0v) is 22.0. The van der Waals surface area contributed by atoms with Crippen molar-refractivity contribution in [3.63, 3.8) is 0 Å². The molecule has 0 radical (unpaired) electrons. The molecule has 0 aliphatic carbocycles. The van der Waals surface area contributed by atoms with Crippen LogP contribution in [-0.2, 0) is 0 Å². The van der Waals surface area contributed by atoms with Gasteiger partial charge in [-0.1, -0.05) is 94.8 Å². The van der Waals surface area contributed by atoms with Gasteiger partial charge < -0.3 is 0 Å². The summed E-state index contributed by atoms with van der Waals surface area (Å²) in [6.45, 7) is 0. The van der Waals surface area contributed by atoms with Gasteiger partial charge in [-0.3, -0.25) is 4.57 Å². The largest absolute Gasteiger partial charge is 0.294 e. The Morgan fingerprint density at radius 1 is 0.526 bits per heavy atom. The normalized spacial score (nSPS) is 11.3. The molecule has 7 aromatic rings. The summed E-state index contributed by atoms with van der Waals surface area (Å²) in [4.78, 5) is 9.81. The number of halogens is 1. The van der Waals surface area contributed by atoms with Crippen LogP contribution in [0.2, 0.25) is 0 Å². The lowest BCUT2D eigenvalue weighted by Crippen LogP contribution is -1.96. The van der Waals surface area contributed by atoms with Gasteiger partial charge in [0.1, 0.15) is 5.65 Å². The number of nitrogens with zero attached hydrogens (tertiary/aromatic N) is 3. The van der Waals surface area contributed by atoms with Crippen molar-refractivity contribution in [1.82, 2.24) is 14.5 Å². The van der Waals surface area contributed by atoms with Crippen LogP contribution < -0.4 is 0 Å². The summed E-state index contributed by atoms with van der Waals surface area (Å²) in [5.74, 6) is 0. The lowest BCUT2D eigenvalue weighted by Gasteiger charge is -2.12. The molecule has 0 amide bonds. The van der Waals surface area contributed by atoms with Crippen LogP contribution in [0.1, 0.15) is 0 Å². The van der Waals surface area contributed by atoms with Gasteiger partial charge in [-0.05, 0) is 59.7 Å². The van der Waals surface area contributed by atoms with E-state index in [1.807, 2.05) is 24.4 Å². The van der Waals surface area contributed by atoms with Crippen molar-refractivity contribution < 1.29 is 0 Å². The van der Waals surface area contributed by atoms with Gasteiger partial charge in [-0.2, -0.15) is 0 Å². The molecule has 0 bridgehead atoms. The Morgan fingerprint density at radius 3 is 1.89 bits per heavy atom. The Bertz CT molecular complexity index is 1850. The van der Waals surface area contributed by atoms with Gasteiger partial charge in [0.05, 0.1) is 16.9 Å². The van der Waals surface area contributed by atoms with Crippen LogP contribution in [0.15, 0.2) is 138 Å². The average Bonchev–Trinajstić information content (AvgIpc) is 3.31. The van der Waals surface area contributed by atoms with E-state index in [-0.39, 0.29) is 0 Å². The van der Waals surface area contributed by atoms with Crippen molar-refractivity contribution in [2.45, 2.75) is 0 Å². The second-order valence-electron chi connectivity index (χ2n) is 9.28. The summed E-state index contributed by atoms with van der Waals surface area (Å²) < 4.78 is 3.27. The first kappa shape index (κ1) is 22.6. The highest BCUT2D eigenvalue weighted by atomic mass is 79.9. The Balaban J connectivity index is 1.37. The van der Waals surface area contributed by atoms with E-state index in [0.29, 0.717) is 0 Å². The SMILES string of the molecule is Brc1ccc2c3cccnc3n(-c3ccc(-c4cc(-c5ccccc5)cc(-c5ccccc5)n4)cc3)c2c1. The van der Waals surface area contributed by atoms with Crippen LogP contribution in [0.4, 0.5) is 0 Å². The number of fused-ring (bicyclic) bond motifs is 3. The zero-order valence-electron chi connectivity index (χ0n) is 20.4. The Hall–Kier alpha value is -4.54. The van der Waals surface area contributed by atoms with Gasteiger partial charge in [0.2, 0.25) is 0 Å². The number of aromatic nitrogens is 3. The molecule has 3 aromatic heterocycles. The van der Waals surface area contributed by atoms with E-state index in [2.05, 4.69) is 130 Å². The summed E-state index contributed by atoms with van der Waals surface area (Å²) in [6, 6.07) is 44.3. The van der Waals surface area contributed by atoms with E-state index in [9.17, 15) is 0 Å². The summed E-state index contributed by atoms with van der Waals surface area (Å²) in [5, 5.41) is 2.33. The summed E-state index contributed by atoms with van der Waals surface area (Å²) in [7, 11) is 0. The molecule has 0 saturated carbocycles. The zero-order chi connectivity index (χ0) is 25.5. The maximum absolute atomic E-state index is 5.08. The standard InChI is InChI=1S/C34H22BrN3/c35-27-15-18-29-30-12-7-19-36-34(30)38(33(29)22-27)28-16-13-25(14-17-28)32-21-26(23-8-3-1-4-9-23)20-31(37-32)24-10-5-2-6-11-24/h1-22H. The fourth-order valence-corrected chi connectivity index (χ4v) is 5.44. The lowest BCUT2D eigenvalue weighted by atomic mass is 10.00. The molecule has 4 heteroatoms. The van der Waals surface area contributed by atoms with Gasteiger partial charge in [-0.25, -0.2) is 9.97 Å². The Labute approximate surface area is 229 Å². The molecule has 0 aliphatic rings. The minimum atomic E-state index is 0.944. The summed E-state index contributed by atoms with van der Waals surface area (Å²) in [5.41, 5.74) is 9.53. The van der Waals surface area contributed by atoms with Crippen molar-refractivity contribution in [1.29, 1.82) is 0 Å². The molecule has 7 rings (SSSR count). The van der Waals surface area contributed by atoms with Crippen molar-refractivity contribution in [2.24, 2.45) is 0 Å². The van der Waals surface area contributed by atoms with Crippen molar-refractivity contribution in [2.75, 3.05) is 0 Å². The molecule has 3 heterocycles. The molecule has 4 aromatic carbocycles. The number of benzene rings is 4. The van der Waals surface area contributed by atoms with E-state index in [1.54, 1.807) is 0 Å². The molecule has 0 unspecified atom stereocenters. The fourth-order valence-electron chi connectivity index (χ4n) is 5.09. The number of hydrogen-bond acceptors (Lipinski definition) is 2. The maximum atomic E-state index is 5.08. The smallest absolute Gasteiger partial charge is 0.145 e. The molecule has 0 spiro atoms. The van der Waals surface area contributed by atoms with Crippen LogP contribution in [0, 0.1) is 0 Å². The van der Waals surface area contributed by atoms with Gasteiger partial charge in [-0.15, -0.1) is 0 Å². The molecule has 0 atom stereocenters. The second-order valence-corrected chi connectivity index (χ2v) is 10.2. The monoisotopic (exact) mass is 551 g/mol. The van der Waals surface area contributed by atoms with Crippen LogP contribution >= 0.6 is 15.9 Å². The molecule has 0 aliphatic heterocycles. The summed E-state index contributed by atoms with van der Waals surface area (Å²) in [6.07, 6.45) is 1.85. The van der Waals surface area contributed by atoms with Crippen LogP contribution in [0.25, 0.3) is 61.3 Å². The molecule has 0 saturated heterocycles. The summed E-state index contributed by atoms with van der Waals surface area (Å²) >= 11 is 3.65. The number of rotatable bonds is 4. The van der Waals surface area contributed by atoms with E-state index in [1.165, 1.54) is 10.9 Å². The molecular formula is C34H22BrN3. The van der Waals surface area contributed by atoms with Gasteiger partial charge >= 0.3 is 0 Å². The second kappa shape index (κ2) is 9.40. The van der Waals surface area contributed by atoms with Crippen LogP contribution in [-0.4, -0.2) is 14.5 Å². The van der Waals surface area contributed by atoms with E-state index in [0.717, 1.165) is 54.8 Å². The predicted octanol–water partition coefficient (Wildman–Crippen LogP) is 9.34. The first-order chi connectivity index (χ1) is 18.7. The minimum Gasteiger partial charge on any atom is -0.294 e. The quantitative estimate of drug-likeness (QED) is 0.218. The molecule has 180 valence electrons. The highest BCUT2D eigenvalue weighted by Gasteiger charge is 2.14. The first-order valence-electron chi connectivity index (χ1n) is 12.5. The van der Waals surface area contributed by atoms with Crippen molar-refractivity contribution >= 4 is 37.9 Å². The third-order valence-electron chi connectivity index (χ3n) is 6.91. The average molecular weight is 552 g/mol. The topological polar surface area (TPSA) is 30.7 Å². The Morgan fingerprint density at radius 2 is 1.18 bits per heavy atom. The Kier molecular flexibility index (Phi) is 5.60. The fraction of sp³-hybridized carbons (Fsp3) is 0. The third kappa shape index (κ3) is 4.00. The molecule has 0 N–H and O–H groups in total. The lowest BCUT2D eigenvalue weighted by molar-refractivity contribution is 1.13. The van der Waals surface area contributed by atoms with Crippen molar-refractivity contribution in [3.8, 4) is 39.3 Å². The minimum absolute atomic E-state index is 0.944. The van der Waals surface area contributed by atoms with Gasteiger partial charge in [0.15, 0.2) is 0 Å². The van der Waals surface area contributed by atoms with E-state index < -0.39 is 0 Å². The van der Waals surface area contributed by atoms with E-state index in [4.69, 9.17) is 9.97 Å². The number of hydrogen-bond donors (Lipinski definition) is 0. The highest BCUT2D eigenvalue weighted by Crippen LogP contribution is 2.34. The van der Waals surface area contributed by atoms with Crippen LogP contribution in [0.5, 0.6) is 0 Å². The first-order valence-corrected chi connectivity index (χ1v) is 13.3. The van der Waals surface area contributed by atoms with Crippen molar-refractivity contribution in [3.05, 3.63) is 138 Å². The van der Waals surface area contributed by atoms with Crippen LogP contribution in [0.3, 0.4) is 0 Å². The third-order valence-corrected chi connectivity index (χ3v) is 7.41. The van der Waals surface area contributed by atoms with Gasteiger partial charge in [0, 0.05) is 38.3 Å². The van der Waals surface area contributed by atoms with E-state index >= 15 is 0 Å². The molecule has 38 heavy (non-hydrogen) atoms.